The first-order valence-corrected chi connectivity index (χ1v) is 8.52. The van der Waals surface area contributed by atoms with Gasteiger partial charge in [-0.25, -0.2) is 4.68 Å². The minimum Gasteiger partial charge on any atom is -0.333 e. The van der Waals surface area contributed by atoms with Crippen LogP contribution in [-0.2, 0) is 0 Å². The zero-order valence-corrected chi connectivity index (χ0v) is 14.9. The lowest BCUT2D eigenvalue weighted by Gasteiger charge is -1.98. The largest absolute Gasteiger partial charge is 0.333 e. The Morgan fingerprint density at radius 1 is 1.04 bits per heavy atom. The van der Waals surface area contributed by atoms with E-state index in [1.54, 1.807) is 29.1 Å². The van der Waals surface area contributed by atoms with Crippen molar-refractivity contribution in [1.29, 1.82) is 0 Å². The van der Waals surface area contributed by atoms with Crippen LogP contribution in [0.15, 0.2) is 71.5 Å². The van der Waals surface area contributed by atoms with Crippen LogP contribution >= 0.6 is 23.2 Å². The molecule has 0 fully saturated rings. The molecule has 0 saturated heterocycles. The van der Waals surface area contributed by atoms with E-state index in [0.717, 1.165) is 16.8 Å². The summed E-state index contributed by atoms with van der Waals surface area (Å²) in [5, 5.41) is 9.27. The van der Waals surface area contributed by atoms with Gasteiger partial charge in [-0.1, -0.05) is 46.6 Å². The van der Waals surface area contributed by atoms with Gasteiger partial charge in [-0.15, -0.1) is 0 Å². The third-order valence-electron chi connectivity index (χ3n) is 3.65. The molecule has 0 aliphatic rings. The van der Waals surface area contributed by atoms with E-state index in [9.17, 15) is 0 Å². The van der Waals surface area contributed by atoms with Gasteiger partial charge >= 0.3 is 0 Å². The Labute approximate surface area is 159 Å². The van der Waals surface area contributed by atoms with Crippen molar-refractivity contribution in [3.05, 3.63) is 83.5 Å². The average molecular weight is 383 g/mol. The maximum Gasteiger partial charge on any atom is 0.269 e. The number of benzene rings is 2. The van der Waals surface area contributed by atoms with Crippen molar-refractivity contribution in [3.63, 3.8) is 0 Å². The molecule has 0 N–H and O–H groups in total. The molecule has 0 unspecified atom stereocenters. The zero-order valence-electron chi connectivity index (χ0n) is 13.4. The predicted octanol–water partition coefficient (Wildman–Crippen LogP) is 5.31. The molecule has 0 aliphatic carbocycles. The van der Waals surface area contributed by atoms with Crippen molar-refractivity contribution >= 4 is 34.3 Å². The summed E-state index contributed by atoms with van der Waals surface area (Å²) >= 11 is 12.2. The molecule has 7 heteroatoms. The van der Waals surface area contributed by atoms with Crippen molar-refractivity contribution in [2.75, 3.05) is 0 Å². The third-order valence-corrected chi connectivity index (χ3v) is 4.17. The molecule has 0 amide bonds. The van der Waals surface area contributed by atoms with Crippen LogP contribution in [-0.4, -0.2) is 19.9 Å². The number of para-hydroxylation sites is 1. The molecule has 128 valence electrons. The second-order valence-corrected chi connectivity index (χ2v) is 6.32. The van der Waals surface area contributed by atoms with Gasteiger partial charge in [0.2, 0.25) is 5.82 Å². The summed E-state index contributed by atoms with van der Waals surface area (Å²) in [6.45, 7) is 0. The molecule has 2 aromatic heterocycles. The standard InChI is InChI=1S/C19H12Cl2N4O/c20-15-8-6-14(7-9-15)18-23-19(26-24-18)17(21)10-13-11-22-25(12-13)16-4-2-1-3-5-16/h1-12H/b17-10-. The highest BCUT2D eigenvalue weighted by Gasteiger charge is 2.12. The molecular weight excluding hydrogens is 371 g/mol. The molecule has 2 aromatic carbocycles. The maximum atomic E-state index is 6.33. The first-order chi connectivity index (χ1) is 12.7. The van der Waals surface area contributed by atoms with Gasteiger partial charge < -0.3 is 4.52 Å². The van der Waals surface area contributed by atoms with Gasteiger partial charge in [0.1, 0.15) is 5.03 Å². The highest BCUT2D eigenvalue weighted by atomic mass is 35.5. The van der Waals surface area contributed by atoms with E-state index < -0.39 is 0 Å². The Balaban J connectivity index is 1.57. The van der Waals surface area contributed by atoms with Gasteiger partial charge in [-0.05, 0) is 42.5 Å². The van der Waals surface area contributed by atoms with E-state index in [0.29, 0.717) is 15.9 Å². The maximum absolute atomic E-state index is 6.33. The fourth-order valence-corrected chi connectivity index (χ4v) is 2.71. The smallest absolute Gasteiger partial charge is 0.269 e. The van der Waals surface area contributed by atoms with Crippen LogP contribution in [0, 0.1) is 0 Å². The molecule has 4 aromatic rings. The monoisotopic (exact) mass is 382 g/mol. The highest BCUT2D eigenvalue weighted by Crippen LogP contribution is 2.24. The predicted molar refractivity (Wildman–Crippen MR) is 102 cm³/mol. The van der Waals surface area contributed by atoms with E-state index in [2.05, 4.69) is 15.2 Å². The fourth-order valence-electron chi connectivity index (χ4n) is 2.38. The van der Waals surface area contributed by atoms with Gasteiger partial charge in [0.25, 0.3) is 5.89 Å². The molecule has 2 heterocycles. The van der Waals surface area contributed by atoms with Crippen LogP contribution in [0.2, 0.25) is 5.02 Å². The summed E-state index contributed by atoms with van der Waals surface area (Å²) in [5.41, 5.74) is 2.59. The van der Waals surface area contributed by atoms with Crippen molar-refractivity contribution in [3.8, 4) is 17.1 Å². The molecule has 0 spiro atoms. The number of halogens is 2. The van der Waals surface area contributed by atoms with Crippen molar-refractivity contribution < 1.29 is 4.52 Å². The minimum absolute atomic E-state index is 0.240. The summed E-state index contributed by atoms with van der Waals surface area (Å²) in [7, 11) is 0. The molecule has 0 bridgehead atoms. The normalized spacial score (nSPS) is 11.7. The average Bonchev–Trinajstić information content (AvgIpc) is 3.33. The minimum atomic E-state index is 0.240. The Hall–Kier alpha value is -2.89. The number of rotatable bonds is 4. The molecule has 4 rings (SSSR count). The van der Waals surface area contributed by atoms with Crippen molar-refractivity contribution in [2.45, 2.75) is 0 Å². The Kier molecular flexibility index (Phi) is 4.56. The lowest BCUT2D eigenvalue weighted by molar-refractivity contribution is 0.410. The van der Waals surface area contributed by atoms with Crippen molar-refractivity contribution in [2.24, 2.45) is 0 Å². The topological polar surface area (TPSA) is 56.7 Å². The van der Waals surface area contributed by atoms with E-state index >= 15 is 0 Å². The highest BCUT2D eigenvalue weighted by molar-refractivity contribution is 6.50. The van der Waals surface area contributed by atoms with Crippen molar-refractivity contribution in [1.82, 2.24) is 19.9 Å². The Bertz CT molecular complexity index is 1050. The first kappa shape index (κ1) is 16.6. The van der Waals surface area contributed by atoms with Crippen LogP contribution in [0.25, 0.3) is 28.2 Å². The number of hydrogen-bond donors (Lipinski definition) is 0. The number of aromatic nitrogens is 4. The van der Waals surface area contributed by atoms with Gasteiger partial charge in [-0.2, -0.15) is 10.1 Å². The first-order valence-electron chi connectivity index (χ1n) is 7.76. The molecule has 26 heavy (non-hydrogen) atoms. The van der Waals surface area contributed by atoms with Gasteiger partial charge in [0.15, 0.2) is 0 Å². The van der Waals surface area contributed by atoms with E-state index in [-0.39, 0.29) is 5.89 Å². The molecule has 0 radical (unpaired) electrons. The van der Waals surface area contributed by atoms with Crippen LogP contribution < -0.4 is 0 Å². The number of hydrogen-bond acceptors (Lipinski definition) is 4. The SMILES string of the molecule is Cl/C(=C\c1cnn(-c2ccccc2)c1)c1nc(-c2ccc(Cl)cc2)no1. The van der Waals surface area contributed by atoms with Crippen LogP contribution in [0.4, 0.5) is 0 Å². The van der Waals surface area contributed by atoms with Gasteiger partial charge in [-0.3, -0.25) is 0 Å². The lowest BCUT2D eigenvalue weighted by Crippen LogP contribution is -1.92. The van der Waals surface area contributed by atoms with Crippen LogP contribution in [0.1, 0.15) is 11.5 Å². The van der Waals surface area contributed by atoms with Gasteiger partial charge in [0, 0.05) is 22.3 Å². The molecule has 0 atom stereocenters. The zero-order chi connectivity index (χ0) is 17.9. The fraction of sp³-hybridized carbons (Fsp3) is 0. The second-order valence-electron chi connectivity index (χ2n) is 5.48. The molecular formula is C19H12Cl2N4O. The summed E-state index contributed by atoms with van der Waals surface area (Å²) in [6.07, 6.45) is 5.31. The lowest BCUT2D eigenvalue weighted by atomic mass is 10.2. The summed E-state index contributed by atoms with van der Waals surface area (Å²) in [4.78, 5) is 4.32. The van der Waals surface area contributed by atoms with E-state index in [1.807, 2.05) is 48.7 Å². The van der Waals surface area contributed by atoms with E-state index in [1.165, 1.54) is 0 Å². The summed E-state index contributed by atoms with van der Waals surface area (Å²) in [6, 6.07) is 17.0. The Morgan fingerprint density at radius 3 is 2.58 bits per heavy atom. The quantitative estimate of drug-likeness (QED) is 0.479. The molecule has 5 nitrogen and oxygen atoms in total. The second kappa shape index (κ2) is 7.15. The molecule has 0 saturated carbocycles. The summed E-state index contributed by atoms with van der Waals surface area (Å²) in [5.74, 6) is 0.687. The summed E-state index contributed by atoms with van der Waals surface area (Å²) < 4.78 is 7.02. The van der Waals surface area contributed by atoms with Crippen LogP contribution in [0.3, 0.4) is 0 Å². The van der Waals surface area contributed by atoms with Crippen LogP contribution in [0.5, 0.6) is 0 Å². The molecule has 0 aliphatic heterocycles. The number of nitrogens with zero attached hydrogens (tertiary/aromatic N) is 4. The van der Waals surface area contributed by atoms with E-state index in [4.69, 9.17) is 27.7 Å². The third kappa shape index (κ3) is 3.54. The Morgan fingerprint density at radius 2 is 1.81 bits per heavy atom. The van der Waals surface area contributed by atoms with Gasteiger partial charge in [0.05, 0.1) is 11.9 Å².